The molecule has 0 fully saturated rings. The van der Waals surface area contributed by atoms with Crippen LogP contribution in [0.3, 0.4) is 0 Å². The minimum Gasteiger partial charge on any atom is -0.372 e. The van der Waals surface area contributed by atoms with Crippen LogP contribution in [0.1, 0.15) is 25.0 Å². The Morgan fingerprint density at radius 2 is 1.50 bits per heavy atom. The van der Waals surface area contributed by atoms with Crippen molar-refractivity contribution in [1.29, 1.82) is 0 Å². The summed E-state index contributed by atoms with van der Waals surface area (Å²) >= 11 is 0. The Kier molecular flexibility index (Phi) is 4.94. The van der Waals surface area contributed by atoms with Gasteiger partial charge >= 0.3 is 0 Å². The highest BCUT2D eigenvalue weighted by atomic mass is 15.1. The number of rotatable bonds is 5. The maximum absolute atomic E-state index is 4.51. The predicted octanol–water partition coefficient (Wildman–Crippen LogP) is 4.59. The Morgan fingerprint density at radius 3 is 2.05 bits per heavy atom. The lowest BCUT2D eigenvalue weighted by atomic mass is 10.2. The number of aryl methyl sites for hydroxylation is 1. The third-order valence-corrected chi connectivity index (χ3v) is 3.42. The second-order valence-corrected chi connectivity index (χ2v) is 4.86. The van der Waals surface area contributed by atoms with Crippen molar-refractivity contribution in [2.45, 2.75) is 20.8 Å². The molecule has 2 nitrogen and oxygen atoms in total. The van der Waals surface area contributed by atoms with Gasteiger partial charge in [0.05, 0.1) is 5.69 Å². The normalized spacial score (nSPS) is 10.9. The Morgan fingerprint density at radius 1 is 0.900 bits per heavy atom. The molecule has 0 atom stereocenters. The van der Waals surface area contributed by atoms with Gasteiger partial charge in [0, 0.05) is 25.0 Å². The van der Waals surface area contributed by atoms with Gasteiger partial charge in [-0.15, -0.1) is 0 Å². The molecule has 2 aromatic rings. The van der Waals surface area contributed by atoms with Gasteiger partial charge in [0.15, 0.2) is 0 Å². The molecule has 0 heterocycles. The molecule has 0 saturated carbocycles. The van der Waals surface area contributed by atoms with Crippen LogP contribution in [0.15, 0.2) is 53.5 Å². The van der Waals surface area contributed by atoms with Crippen LogP contribution in [0.4, 0.5) is 11.4 Å². The Hall–Kier alpha value is -2.09. The molecular weight excluding hydrogens is 244 g/mol. The minimum absolute atomic E-state index is 0.987. The van der Waals surface area contributed by atoms with Crippen LogP contribution in [-0.2, 0) is 0 Å². The summed E-state index contributed by atoms with van der Waals surface area (Å²) in [7, 11) is 0. The van der Waals surface area contributed by atoms with Gasteiger partial charge in [-0.05, 0) is 50.6 Å². The lowest BCUT2D eigenvalue weighted by Crippen LogP contribution is -2.21. The summed E-state index contributed by atoms with van der Waals surface area (Å²) in [5, 5.41) is 0. The van der Waals surface area contributed by atoms with Crippen LogP contribution in [-0.4, -0.2) is 19.3 Å². The van der Waals surface area contributed by atoms with E-state index >= 15 is 0 Å². The van der Waals surface area contributed by atoms with E-state index in [2.05, 4.69) is 79.2 Å². The van der Waals surface area contributed by atoms with E-state index in [1.807, 2.05) is 6.21 Å². The SMILES string of the molecule is CCN(CC)c1ccc(N=Cc2ccc(C)cc2)cc1. The highest BCUT2D eigenvalue weighted by molar-refractivity contribution is 5.82. The van der Waals surface area contributed by atoms with Crippen LogP contribution >= 0.6 is 0 Å². The van der Waals surface area contributed by atoms with Gasteiger partial charge in [0.25, 0.3) is 0 Å². The quantitative estimate of drug-likeness (QED) is 0.723. The van der Waals surface area contributed by atoms with Gasteiger partial charge in [-0.2, -0.15) is 0 Å². The molecule has 2 aromatic carbocycles. The molecule has 0 unspecified atom stereocenters. The van der Waals surface area contributed by atoms with Crippen molar-refractivity contribution in [3.05, 3.63) is 59.7 Å². The second-order valence-electron chi connectivity index (χ2n) is 4.86. The molecule has 0 aliphatic rings. The fraction of sp³-hybridized carbons (Fsp3) is 0.278. The minimum atomic E-state index is 0.987. The first kappa shape index (κ1) is 14.3. The Labute approximate surface area is 121 Å². The summed E-state index contributed by atoms with van der Waals surface area (Å²) in [5.74, 6) is 0. The van der Waals surface area contributed by atoms with Crippen molar-refractivity contribution in [1.82, 2.24) is 0 Å². The molecule has 104 valence electrons. The molecule has 0 spiro atoms. The first-order chi connectivity index (χ1) is 9.72. The van der Waals surface area contributed by atoms with Gasteiger partial charge in [-0.1, -0.05) is 29.8 Å². The van der Waals surface area contributed by atoms with E-state index in [1.165, 1.54) is 11.3 Å². The van der Waals surface area contributed by atoms with Gasteiger partial charge < -0.3 is 4.90 Å². The van der Waals surface area contributed by atoms with Crippen LogP contribution in [0, 0.1) is 6.92 Å². The highest BCUT2D eigenvalue weighted by Gasteiger charge is 2.00. The van der Waals surface area contributed by atoms with E-state index in [-0.39, 0.29) is 0 Å². The molecule has 0 bridgehead atoms. The van der Waals surface area contributed by atoms with Crippen LogP contribution in [0.5, 0.6) is 0 Å². The van der Waals surface area contributed by atoms with Crippen molar-refractivity contribution in [2.24, 2.45) is 4.99 Å². The number of benzene rings is 2. The third-order valence-electron chi connectivity index (χ3n) is 3.42. The lowest BCUT2D eigenvalue weighted by Gasteiger charge is -2.20. The highest BCUT2D eigenvalue weighted by Crippen LogP contribution is 2.19. The molecule has 0 N–H and O–H groups in total. The first-order valence-electron chi connectivity index (χ1n) is 7.18. The molecule has 0 radical (unpaired) electrons. The fourth-order valence-corrected chi connectivity index (χ4v) is 2.14. The summed E-state index contributed by atoms with van der Waals surface area (Å²) in [6.45, 7) is 8.50. The molecule has 2 heteroatoms. The third kappa shape index (κ3) is 3.70. The summed E-state index contributed by atoms with van der Waals surface area (Å²) in [6, 6.07) is 16.8. The number of hydrogen-bond donors (Lipinski definition) is 0. The van der Waals surface area contributed by atoms with Crippen molar-refractivity contribution in [2.75, 3.05) is 18.0 Å². The zero-order chi connectivity index (χ0) is 14.4. The zero-order valence-electron chi connectivity index (χ0n) is 12.5. The van der Waals surface area contributed by atoms with E-state index in [0.717, 1.165) is 24.3 Å². The summed E-state index contributed by atoms with van der Waals surface area (Å²) in [6.07, 6.45) is 1.91. The summed E-state index contributed by atoms with van der Waals surface area (Å²) < 4.78 is 0. The van der Waals surface area contributed by atoms with E-state index in [1.54, 1.807) is 0 Å². The standard InChI is InChI=1S/C18H22N2/c1-4-20(5-2)18-12-10-17(11-13-18)19-14-16-8-6-15(3)7-9-16/h6-14H,4-5H2,1-3H3. The summed E-state index contributed by atoms with van der Waals surface area (Å²) in [5.41, 5.74) is 4.64. The number of nitrogens with zero attached hydrogens (tertiary/aromatic N) is 2. The van der Waals surface area contributed by atoms with Crippen molar-refractivity contribution in [3.8, 4) is 0 Å². The van der Waals surface area contributed by atoms with Crippen molar-refractivity contribution >= 4 is 17.6 Å². The van der Waals surface area contributed by atoms with Crippen molar-refractivity contribution in [3.63, 3.8) is 0 Å². The van der Waals surface area contributed by atoms with E-state index in [9.17, 15) is 0 Å². The molecule has 0 aliphatic heterocycles. The molecule has 2 rings (SSSR count). The Balaban J connectivity index is 2.08. The molecule has 0 saturated heterocycles. The smallest absolute Gasteiger partial charge is 0.0631 e. The molecule has 0 aliphatic carbocycles. The van der Waals surface area contributed by atoms with E-state index < -0.39 is 0 Å². The predicted molar refractivity (Wildman–Crippen MR) is 88.4 cm³/mol. The first-order valence-corrected chi connectivity index (χ1v) is 7.18. The van der Waals surface area contributed by atoms with Crippen molar-refractivity contribution < 1.29 is 0 Å². The lowest BCUT2D eigenvalue weighted by molar-refractivity contribution is 0.866. The van der Waals surface area contributed by atoms with Gasteiger partial charge in [0.2, 0.25) is 0 Å². The largest absolute Gasteiger partial charge is 0.372 e. The molecule has 0 amide bonds. The maximum Gasteiger partial charge on any atom is 0.0631 e. The fourth-order valence-electron chi connectivity index (χ4n) is 2.14. The number of anilines is 1. The molecule has 20 heavy (non-hydrogen) atoms. The maximum atomic E-state index is 4.51. The monoisotopic (exact) mass is 266 g/mol. The average Bonchev–Trinajstić information content (AvgIpc) is 2.49. The molecule has 0 aromatic heterocycles. The number of hydrogen-bond acceptors (Lipinski definition) is 2. The molecular formula is C18H22N2. The van der Waals surface area contributed by atoms with Crippen LogP contribution in [0.25, 0.3) is 0 Å². The van der Waals surface area contributed by atoms with E-state index in [0.29, 0.717) is 0 Å². The van der Waals surface area contributed by atoms with Gasteiger partial charge in [-0.3, -0.25) is 4.99 Å². The van der Waals surface area contributed by atoms with E-state index in [4.69, 9.17) is 0 Å². The Bertz CT molecular complexity index is 549. The topological polar surface area (TPSA) is 15.6 Å². The second kappa shape index (κ2) is 6.90. The van der Waals surface area contributed by atoms with Gasteiger partial charge in [-0.25, -0.2) is 0 Å². The van der Waals surface area contributed by atoms with Gasteiger partial charge in [0.1, 0.15) is 0 Å². The number of aliphatic imine (C=N–C) groups is 1. The average molecular weight is 266 g/mol. The van der Waals surface area contributed by atoms with Crippen LogP contribution in [0.2, 0.25) is 0 Å². The van der Waals surface area contributed by atoms with Crippen LogP contribution < -0.4 is 4.90 Å². The zero-order valence-corrected chi connectivity index (χ0v) is 12.5. The summed E-state index contributed by atoms with van der Waals surface area (Å²) in [4.78, 5) is 6.84.